The van der Waals surface area contributed by atoms with Gasteiger partial charge < -0.3 is 25.5 Å². The van der Waals surface area contributed by atoms with Gasteiger partial charge in [0.25, 0.3) is 0 Å². The number of rotatable bonds is 5. The van der Waals surface area contributed by atoms with Crippen LogP contribution in [0.15, 0.2) is 0 Å². The Bertz CT molecular complexity index is 437. The van der Waals surface area contributed by atoms with Crippen molar-refractivity contribution in [3.63, 3.8) is 0 Å². The highest BCUT2D eigenvalue weighted by atomic mass is 16.4. The number of carbonyl (C=O) groups excluding carboxylic acids is 2. The smallest absolute Gasteiger partial charge is 0.320 e. The maximum Gasteiger partial charge on any atom is 0.320 e. The number of aliphatic carboxylic acids is 1. The van der Waals surface area contributed by atoms with Crippen molar-refractivity contribution in [2.24, 2.45) is 0 Å². The van der Waals surface area contributed by atoms with Crippen LogP contribution < -0.4 is 10.6 Å². The van der Waals surface area contributed by atoms with Crippen LogP contribution in [-0.4, -0.2) is 71.7 Å². The monoisotopic (exact) mass is 326 g/mol. The Hall–Kier alpha value is -1.99. The molecule has 4 amide bonds. The third-order valence-electron chi connectivity index (χ3n) is 4.26. The van der Waals surface area contributed by atoms with Gasteiger partial charge in [-0.2, -0.15) is 0 Å². The highest BCUT2D eigenvalue weighted by Gasteiger charge is 2.28. The largest absolute Gasteiger partial charge is 0.481 e. The average molecular weight is 326 g/mol. The van der Waals surface area contributed by atoms with Gasteiger partial charge in [-0.3, -0.25) is 4.79 Å². The number of piperidine rings is 1. The molecule has 3 N–H and O–H groups in total. The molecule has 1 unspecified atom stereocenters. The van der Waals surface area contributed by atoms with E-state index in [1.165, 1.54) is 0 Å². The number of hydrogen-bond acceptors (Lipinski definition) is 3. The fourth-order valence-corrected chi connectivity index (χ4v) is 3.06. The fraction of sp³-hybridized carbons (Fsp3) is 0.800. The van der Waals surface area contributed by atoms with E-state index in [0.29, 0.717) is 19.5 Å². The second-order valence-corrected chi connectivity index (χ2v) is 6.16. The number of nitrogens with zero attached hydrogens (tertiary/aromatic N) is 2. The van der Waals surface area contributed by atoms with E-state index in [-0.39, 0.29) is 24.5 Å². The summed E-state index contributed by atoms with van der Waals surface area (Å²) in [5.74, 6) is -0.865. The Morgan fingerprint density at radius 2 is 1.74 bits per heavy atom. The summed E-state index contributed by atoms with van der Waals surface area (Å²) in [6, 6.07) is -0.262. The Kier molecular flexibility index (Phi) is 6.49. The summed E-state index contributed by atoms with van der Waals surface area (Å²) in [4.78, 5) is 38.3. The molecule has 130 valence electrons. The standard InChI is InChI=1S/C15H26N4O4/c20-13(21)6-3-7-16-14(22)17-12-5-4-10-19(11-12)15(23)18-8-1-2-9-18/h12H,1-11H2,(H,20,21)(H2,16,17,22). The van der Waals surface area contributed by atoms with Gasteiger partial charge in [0.2, 0.25) is 0 Å². The molecule has 2 fully saturated rings. The highest BCUT2D eigenvalue weighted by molar-refractivity contribution is 5.76. The fourth-order valence-electron chi connectivity index (χ4n) is 3.06. The number of carboxylic acids is 1. The number of amides is 4. The molecule has 0 bridgehead atoms. The van der Waals surface area contributed by atoms with Gasteiger partial charge in [-0.25, -0.2) is 9.59 Å². The van der Waals surface area contributed by atoms with E-state index in [0.717, 1.165) is 45.3 Å². The zero-order valence-electron chi connectivity index (χ0n) is 13.4. The van der Waals surface area contributed by atoms with E-state index in [2.05, 4.69) is 10.6 Å². The maximum atomic E-state index is 12.4. The number of nitrogens with one attached hydrogen (secondary N) is 2. The molecular formula is C15H26N4O4. The summed E-state index contributed by atoms with van der Waals surface area (Å²) in [5.41, 5.74) is 0. The van der Waals surface area contributed by atoms with Crippen molar-refractivity contribution in [1.29, 1.82) is 0 Å². The molecule has 0 aliphatic carbocycles. The zero-order chi connectivity index (χ0) is 16.7. The van der Waals surface area contributed by atoms with Crippen molar-refractivity contribution in [3.05, 3.63) is 0 Å². The van der Waals surface area contributed by atoms with E-state index >= 15 is 0 Å². The molecule has 0 saturated carbocycles. The lowest BCUT2D eigenvalue weighted by Gasteiger charge is -2.35. The molecule has 2 heterocycles. The van der Waals surface area contributed by atoms with Crippen molar-refractivity contribution in [2.75, 3.05) is 32.7 Å². The minimum atomic E-state index is -0.865. The predicted molar refractivity (Wildman–Crippen MR) is 84.2 cm³/mol. The number of likely N-dealkylation sites (tertiary alicyclic amines) is 2. The van der Waals surface area contributed by atoms with Gasteiger partial charge in [-0.1, -0.05) is 0 Å². The number of hydrogen-bond donors (Lipinski definition) is 3. The first-order valence-electron chi connectivity index (χ1n) is 8.36. The third kappa shape index (κ3) is 5.61. The second kappa shape index (κ2) is 8.59. The number of urea groups is 2. The first-order chi connectivity index (χ1) is 11.1. The zero-order valence-corrected chi connectivity index (χ0v) is 13.4. The van der Waals surface area contributed by atoms with Gasteiger partial charge >= 0.3 is 18.0 Å². The molecule has 0 aromatic carbocycles. The van der Waals surface area contributed by atoms with Crippen molar-refractivity contribution < 1.29 is 19.5 Å². The van der Waals surface area contributed by atoms with Crippen LogP contribution in [0.4, 0.5) is 9.59 Å². The molecule has 8 nitrogen and oxygen atoms in total. The quantitative estimate of drug-likeness (QED) is 0.651. The van der Waals surface area contributed by atoms with Gasteiger partial charge in [0, 0.05) is 45.2 Å². The normalized spacial score (nSPS) is 21.1. The average Bonchev–Trinajstić information content (AvgIpc) is 3.05. The lowest BCUT2D eigenvalue weighted by molar-refractivity contribution is -0.137. The lowest BCUT2D eigenvalue weighted by atomic mass is 10.1. The molecule has 2 saturated heterocycles. The molecule has 0 spiro atoms. The Morgan fingerprint density at radius 3 is 2.43 bits per heavy atom. The molecule has 2 aliphatic rings. The maximum absolute atomic E-state index is 12.4. The van der Waals surface area contributed by atoms with Gasteiger partial charge in [-0.15, -0.1) is 0 Å². The minimum Gasteiger partial charge on any atom is -0.481 e. The van der Waals surface area contributed by atoms with Crippen LogP contribution in [0.1, 0.15) is 38.5 Å². The van der Waals surface area contributed by atoms with Crippen LogP contribution in [-0.2, 0) is 4.79 Å². The van der Waals surface area contributed by atoms with Gasteiger partial charge in [0.05, 0.1) is 0 Å². The van der Waals surface area contributed by atoms with E-state index < -0.39 is 5.97 Å². The van der Waals surface area contributed by atoms with Crippen LogP contribution in [0.25, 0.3) is 0 Å². The minimum absolute atomic E-state index is 0.0435. The summed E-state index contributed by atoms with van der Waals surface area (Å²) in [6.07, 6.45) is 4.32. The SMILES string of the molecule is O=C(O)CCCNC(=O)NC1CCCN(C(=O)N2CCCC2)C1. The molecule has 0 aromatic rings. The van der Waals surface area contributed by atoms with Gasteiger partial charge in [-0.05, 0) is 32.1 Å². The number of carboxylic acid groups (broad SMARTS) is 1. The van der Waals surface area contributed by atoms with Crippen molar-refractivity contribution in [3.8, 4) is 0 Å². The third-order valence-corrected chi connectivity index (χ3v) is 4.26. The molecule has 0 radical (unpaired) electrons. The first-order valence-corrected chi connectivity index (χ1v) is 8.36. The summed E-state index contributed by atoms with van der Waals surface area (Å²) in [5, 5.41) is 14.1. The van der Waals surface area contributed by atoms with Crippen molar-refractivity contribution in [2.45, 2.75) is 44.6 Å². The predicted octanol–water partition coefficient (Wildman–Crippen LogP) is 0.831. The second-order valence-electron chi connectivity index (χ2n) is 6.16. The summed E-state index contributed by atoms with van der Waals surface area (Å²) < 4.78 is 0. The van der Waals surface area contributed by atoms with Crippen LogP contribution in [0, 0.1) is 0 Å². The first kappa shape index (κ1) is 17.4. The van der Waals surface area contributed by atoms with E-state index in [4.69, 9.17) is 5.11 Å². The van der Waals surface area contributed by atoms with Crippen LogP contribution in [0.2, 0.25) is 0 Å². The topological polar surface area (TPSA) is 102 Å². The highest BCUT2D eigenvalue weighted by Crippen LogP contribution is 2.15. The molecule has 2 aliphatic heterocycles. The van der Waals surface area contributed by atoms with Gasteiger partial charge in [0.1, 0.15) is 0 Å². The Morgan fingerprint density at radius 1 is 1.04 bits per heavy atom. The van der Waals surface area contributed by atoms with E-state index in [9.17, 15) is 14.4 Å². The molecule has 1 atom stereocenters. The van der Waals surface area contributed by atoms with Crippen LogP contribution in [0.3, 0.4) is 0 Å². The van der Waals surface area contributed by atoms with Crippen LogP contribution in [0.5, 0.6) is 0 Å². The summed E-state index contributed by atoms with van der Waals surface area (Å²) >= 11 is 0. The van der Waals surface area contributed by atoms with Crippen LogP contribution >= 0.6 is 0 Å². The van der Waals surface area contributed by atoms with E-state index in [1.807, 2.05) is 9.80 Å². The molecule has 23 heavy (non-hydrogen) atoms. The number of carbonyl (C=O) groups is 3. The molecular weight excluding hydrogens is 300 g/mol. The lowest BCUT2D eigenvalue weighted by Crippen LogP contribution is -2.54. The summed E-state index contributed by atoms with van der Waals surface area (Å²) in [7, 11) is 0. The van der Waals surface area contributed by atoms with E-state index in [1.54, 1.807) is 0 Å². The summed E-state index contributed by atoms with van der Waals surface area (Å²) in [6.45, 7) is 3.28. The molecule has 0 aromatic heterocycles. The molecule has 2 rings (SSSR count). The molecule has 8 heteroatoms. The van der Waals surface area contributed by atoms with Crippen molar-refractivity contribution >= 4 is 18.0 Å². The Balaban J connectivity index is 1.69. The Labute approximate surface area is 136 Å². The van der Waals surface area contributed by atoms with Crippen molar-refractivity contribution in [1.82, 2.24) is 20.4 Å². The van der Waals surface area contributed by atoms with Gasteiger partial charge in [0.15, 0.2) is 0 Å².